The highest BCUT2D eigenvalue weighted by atomic mass is 32.1. The van der Waals surface area contributed by atoms with Crippen LogP contribution in [0.1, 0.15) is 18.4 Å². The summed E-state index contributed by atoms with van der Waals surface area (Å²) in [4.78, 5) is 25.5. The second kappa shape index (κ2) is 6.79. The van der Waals surface area contributed by atoms with Crippen molar-refractivity contribution in [2.45, 2.75) is 25.6 Å². The standard InChI is InChI=1S/C12H15F3N4O3S/c1-6(5-22-2)19-4-7(3-8(19)20)9(21)16-11-18-17-10(23-11)12(13,14)15/h6-7H,3-5H2,1-2H3,(H,16,18,21)/t6-,7+/m0/s1. The summed E-state index contributed by atoms with van der Waals surface area (Å²) >= 11 is 0.245. The Kier molecular flexibility index (Phi) is 5.19. The summed E-state index contributed by atoms with van der Waals surface area (Å²) < 4.78 is 42.3. The first kappa shape index (κ1) is 17.6. The maximum Gasteiger partial charge on any atom is 0.445 e. The molecule has 2 heterocycles. The van der Waals surface area contributed by atoms with Gasteiger partial charge in [0.1, 0.15) is 0 Å². The number of amides is 2. The van der Waals surface area contributed by atoms with Crippen LogP contribution in [0.3, 0.4) is 0 Å². The maximum atomic E-state index is 12.4. The molecule has 23 heavy (non-hydrogen) atoms. The Bertz CT molecular complexity index is 592. The molecule has 1 aliphatic rings. The molecule has 0 spiro atoms. The molecule has 1 fully saturated rings. The molecule has 1 N–H and O–H groups in total. The molecule has 2 amide bonds. The summed E-state index contributed by atoms with van der Waals surface area (Å²) in [5.41, 5.74) is 0. The van der Waals surface area contributed by atoms with Crippen LogP contribution in [0, 0.1) is 5.92 Å². The molecular weight excluding hydrogens is 337 g/mol. The number of ether oxygens (including phenoxy) is 1. The van der Waals surface area contributed by atoms with Gasteiger partial charge in [0.05, 0.1) is 18.6 Å². The smallest absolute Gasteiger partial charge is 0.383 e. The Morgan fingerprint density at radius 3 is 2.78 bits per heavy atom. The largest absolute Gasteiger partial charge is 0.445 e. The van der Waals surface area contributed by atoms with Gasteiger partial charge in [0, 0.05) is 20.1 Å². The summed E-state index contributed by atoms with van der Waals surface area (Å²) in [5.74, 6) is -1.38. The molecule has 2 atom stereocenters. The number of alkyl halides is 3. The van der Waals surface area contributed by atoms with Crippen LogP contribution in [0.2, 0.25) is 0 Å². The van der Waals surface area contributed by atoms with Crippen LogP contribution in [-0.4, -0.2) is 53.2 Å². The third-order valence-corrected chi connectivity index (χ3v) is 4.25. The van der Waals surface area contributed by atoms with E-state index in [2.05, 4.69) is 15.5 Å². The molecule has 1 aromatic rings. The van der Waals surface area contributed by atoms with Crippen LogP contribution < -0.4 is 5.32 Å². The summed E-state index contributed by atoms with van der Waals surface area (Å²) in [6.07, 6.45) is -4.60. The van der Waals surface area contributed by atoms with Gasteiger partial charge in [0.25, 0.3) is 0 Å². The first-order chi connectivity index (χ1) is 10.7. The van der Waals surface area contributed by atoms with Gasteiger partial charge in [-0.1, -0.05) is 11.3 Å². The number of likely N-dealkylation sites (tertiary alicyclic amines) is 1. The van der Waals surface area contributed by atoms with Gasteiger partial charge in [-0.3, -0.25) is 9.59 Å². The van der Waals surface area contributed by atoms with E-state index >= 15 is 0 Å². The molecule has 2 rings (SSSR count). The van der Waals surface area contributed by atoms with E-state index in [0.717, 1.165) is 0 Å². The zero-order chi connectivity index (χ0) is 17.2. The van der Waals surface area contributed by atoms with Gasteiger partial charge >= 0.3 is 6.18 Å². The average molecular weight is 352 g/mol. The predicted molar refractivity (Wildman–Crippen MR) is 74.7 cm³/mol. The minimum atomic E-state index is -4.60. The van der Waals surface area contributed by atoms with E-state index in [1.54, 1.807) is 6.92 Å². The van der Waals surface area contributed by atoms with Crippen LogP contribution >= 0.6 is 11.3 Å². The molecule has 0 aliphatic carbocycles. The van der Waals surface area contributed by atoms with E-state index in [9.17, 15) is 22.8 Å². The SMILES string of the molecule is COC[C@H](C)N1C[C@H](C(=O)Nc2nnc(C(F)(F)F)s2)CC1=O. The van der Waals surface area contributed by atoms with Crippen molar-refractivity contribution in [1.82, 2.24) is 15.1 Å². The molecule has 0 unspecified atom stereocenters. The van der Waals surface area contributed by atoms with E-state index in [-0.39, 0.29) is 41.4 Å². The van der Waals surface area contributed by atoms with Gasteiger partial charge < -0.3 is 15.0 Å². The van der Waals surface area contributed by atoms with Crippen molar-refractivity contribution in [2.24, 2.45) is 5.92 Å². The lowest BCUT2D eigenvalue weighted by Gasteiger charge is -2.23. The number of carbonyl (C=O) groups excluding carboxylic acids is 2. The molecule has 128 valence electrons. The van der Waals surface area contributed by atoms with Crippen molar-refractivity contribution < 1.29 is 27.5 Å². The molecule has 7 nitrogen and oxygen atoms in total. The normalized spacial score (nSPS) is 20.0. The van der Waals surface area contributed by atoms with Gasteiger partial charge in [-0.2, -0.15) is 13.2 Å². The molecule has 1 aromatic heterocycles. The molecule has 0 aromatic carbocycles. The molecule has 1 saturated heterocycles. The van der Waals surface area contributed by atoms with E-state index in [0.29, 0.717) is 6.61 Å². The van der Waals surface area contributed by atoms with Crippen molar-refractivity contribution in [1.29, 1.82) is 0 Å². The third-order valence-electron chi connectivity index (χ3n) is 3.37. The maximum absolute atomic E-state index is 12.4. The zero-order valence-electron chi connectivity index (χ0n) is 12.4. The van der Waals surface area contributed by atoms with Gasteiger partial charge in [0.2, 0.25) is 22.0 Å². The van der Waals surface area contributed by atoms with Gasteiger partial charge in [-0.15, -0.1) is 10.2 Å². The Labute approximate surface area is 133 Å². The number of halogens is 3. The van der Waals surface area contributed by atoms with E-state index in [1.807, 2.05) is 0 Å². The van der Waals surface area contributed by atoms with Crippen molar-refractivity contribution in [3.05, 3.63) is 5.01 Å². The summed E-state index contributed by atoms with van der Waals surface area (Å²) in [7, 11) is 1.51. The number of methoxy groups -OCH3 is 1. The number of nitrogens with zero attached hydrogens (tertiary/aromatic N) is 3. The topological polar surface area (TPSA) is 84.4 Å². The van der Waals surface area contributed by atoms with Crippen molar-refractivity contribution in [3.8, 4) is 0 Å². The Morgan fingerprint density at radius 1 is 1.52 bits per heavy atom. The van der Waals surface area contributed by atoms with Crippen molar-refractivity contribution in [3.63, 3.8) is 0 Å². The number of hydrogen-bond donors (Lipinski definition) is 1. The first-order valence-corrected chi connectivity index (χ1v) is 7.54. The number of nitrogens with one attached hydrogen (secondary N) is 1. The lowest BCUT2D eigenvalue weighted by Crippen LogP contribution is -2.38. The minimum Gasteiger partial charge on any atom is -0.383 e. The second-order valence-corrected chi connectivity index (χ2v) is 6.13. The minimum absolute atomic E-state index is 0.00478. The average Bonchev–Trinajstić information content (AvgIpc) is 3.05. The summed E-state index contributed by atoms with van der Waals surface area (Å²) in [5, 5.41) is 7.19. The van der Waals surface area contributed by atoms with Gasteiger partial charge in [-0.25, -0.2) is 0 Å². The van der Waals surface area contributed by atoms with Crippen molar-refractivity contribution in [2.75, 3.05) is 25.6 Å². The summed E-state index contributed by atoms with van der Waals surface area (Å²) in [6.45, 7) is 2.33. The first-order valence-electron chi connectivity index (χ1n) is 6.72. The monoisotopic (exact) mass is 352 g/mol. The highest BCUT2D eigenvalue weighted by Gasteiger charge is 2.38. The second-order valence-electron chi connectivity index (χ2n) is 5.15. The number of anilines is 1. The van der Waals surface area contributed by atoms with Crippen molar-refractivity contribution >= 4 is 28.3 Å². The molecule has 11 heteroatoms. The molecule has 0 bridgehead atoms. The molecular formula is C12H15F3N4O3S. The van der Waals surface area contributed by atoms with Crippen LogP contribution in [0.15, 0.2) is 0 Å². The highest BCUT2D eigenvalue weighted by Crippen LogP contribution is 2.33. The fourth-order valence-electron chi connectivity index (χ4n) is 2.26. The Morgan fingerprint density at radius 2 is 2.22 bits per heavy atom. The zero-order valence-corrected chi connectivity index (χ0v) is 13.2. The lowest BCUT2D eigenvalue weighted by molar-refractivity contribution is -0.138. The van der Waals surface area contributed by atoms with E-state index in [4.69, 9.17) is 4.74 Å². The highest BCUT2D eigenvalue weighted by molar-refractivity contribution is 7.15. The lowest BCUT2D eigenvalue weighted by atomic mass is 10.1. The van der Waals surface area contributed by atoms with Crippen LogP contribution in [0.4, 0.5) is 18.3 Å². The molecule has 0 saturated carbocycles. The predicted octanol–water partition coefficient (Wildman–Crippen LogP) is 1.38. The number of aromatic nitrogens is 2. The quantitative estimate of drug-likeness (QED) is 0.865. The fourth-order valence-corrected chi connectivity index (χ4v) is 2.87. The molecule has 0 radical (unpaired) electrons. The molecule has 1 aliphatic heterocycles. The third kappa shape index (κ3) is 4.16. The Hall–Kier alpha value is -1.75. The number of rotatable bonds is 5. The number of carbonyl (C=O) groups is 2. The van der Waals surface area contributed by atoms with Crippen LogP contribution in [0.5, 0.6) is 0 Å². The van der Waals surface area contributed by atoms with Gasteiger partial charge in [0.15, 0.2) is 0 Å². The van der Waals surface area contributed by atoms with Crippen LogP contribution in [0.25, 0.3) is 0 Å². The fraction of sp³-hybridized carbons (Fsp3) is 0.667. The Balaban J connectivity index is 1.97. The van der Waals surface area contributed by atoms with E-state index in [1.165, 1.54) is 12.0 Å². The van der Waals surface area contributed by atoms with E-state index < -0.39 is 23.0 Å². The summed E-state index contributed by atoms with van der Waals surface area (Å²) in [6, 6.07) is -0.177. The van der Waals surface area contributed by atoms with Crippen LogP contribution in [-0.2, 0) is 20.5 Å². The van der Waals surface area contributed by atoms with Gasteiger partial charge in [-0.05, 0) is 6.92 Å². The number of hydrogen-bond acceptors (Lipinski definition) is 6.